The summed E-state index contributed by atoms with van der Waals surface area (Å²) < 4.78 is 1.86. The van der Waals surface area contributed by atoms with Gasteiger partial charge in [0.05, 0.1) is 22.1 Å². The molecule has 17 heavy (non-hydrogen) atoms. The zero-order chi connectivity index (χ0) is 12.6. The predicted molar refractivity (Wildman–Crippen MR) is 72.3 cm³/mol. The number of nitrogens with zero attached hydrogens (tertiary/aromatic N) is 2. The molecule has 0 unspecified atom stereocenters. The molecule has 0 aliphatic heterocycles. The lowest BCUT2D eigenvalue weighted by molar-refractivity contribution is 0.832. The van der Waals surface area contributed by atoms with E-state index in [1.54, 1.807) is 0 Å². The van der Waals surface area contributed by atoms with Gasteiger partial charge >= 0.3 is 0 Å². The van der Waals surface area contributed by atoms with E-state index in [-0.39, 0.29) is 0 Å². The van der Waals surface area contributed by atoms with Crippen molar-refractivity contribution in [3.8, 4) is 5.69 Å². The first-order valence-electron chi connectivity index (χ1n) is 5.42. The molecule has 0 aliphatic carbocycles. The van der Waals surface area contributed by atoms with Crippen molar-refractivity contribution in [2.45, 2.75) is 26.7 Å². The van der Waals surface area contributed by atoms with Crippen LogP contribution in [0.4, 0.5) is 0 Å². The minimum atomic E-state index is 0.532. The van der Waals surface area contributed by atoms with Crippen molar-refractivity contribution in [1.29, 1.82) is 0 Å². The first-order valence-corrected chi connectivity index (χ1v) is 6.33. The molecule has 2 nitrogen and oxygen atoms in total. The molecule has 0 spiro atoms. The summed E-state index contributed by atoms with van der Waals surface area (Å²) in [7, 11) is 0. The fourth-order valence-corrected chi connectivity index (χ4v) is 2.25. The number of benzene rings is 1. The van der Waals surface area contributed by atoms with Gasteiger partial charge in [0.25, 0.3) is 0 Å². The third kappa shape index (κ3) is 2.20. The Morgan fingerprint density at radius 2 is 1.94 bits per heavy atom. The summed E-state index contributed by atoms with van der Waals surface area (Å²) in [5.74, 6) is 0.532. The molecule has 2 rings (SSSR count). The number of alkyl halides is 1. The van der Waals surface area contributed by atoms with Gasteiger partial charge in [0, 0.05) is 5.88 Å². The van der Waals surface area contributed by atoms with E-state index in [1.165, 1.54) is 5.56 Å². The fourth-order valence-electron chi connectivity index (χ4n) is 1.84. The highest BCUT2D eigenvalue weighted by Crippen LogP contribution is 2.23. The number of halogens is 2. The molecule has 1 heterocycles. The van der Waals surface area contributed by atoms with Gasteiger partial charge in [-0.1, -0.05) is 17.7 Å². The highest BCUT2D eigenvalue weighted by Gasteiger charge is 2.11. The molecule has 0 radical (unpaired) electrons. The SMILES string of the molecule is Cc1cc(-n2nc(C)c(Cl)c2C)ccc1CCl. The molecule has 0 saturated heterocycles. The van der Waals surface area contributed by atoms with Gasteiger partial charge in [-0.3, -0.25) is 0 Å². The van der Waals surface area contributed by atoms with Gasteiger partial charge in [0.15, 0.2) is 0 Å². The normalized spacial score (nSPS) is 10.9. The van der Waals surface area contributed by atoms with E-state index in [1.807, 2.05) is 30.7 Å². The molecule has 90 valence electrons. The van der Waals surface area contributed by atoms with Crippen molar-refractivity contribution in [1.82, 2.24) is 9.78 Å². The number of aromatic nitrogens is 2. The van der Waals surface area contributed by atoms with Gasteiger partial charge in [-0.15, -0.1) is 11.6 Å². The van der Waals surface area contributed by atoms with E-state index in [0.717, 1.165) is 27.7 Å². The van der Waals surface area contributed by atoms with Crippen molar-refractivity contribution in [3.63, 3.8) is 0 Å². The average Bonchev–Trinajstić information content (AvgIpc) is 2.57. The molecule has 0 amide bonds. The Kier molecular flexibility index (Phi) is 3.45. The summed E-state index contributed by atoms with van der Waals surface area (Å²) in [6.45, 7) is 5.92. The Morgan fingerprint density at radius 1 is 1.24 bits per heavy atom. The van der Waals surface area contributed by atoms with E-state index in [4.69, 9.17) is 23.2 Å². The summed E-state index contributed by atoms with van der Waals surface area (Å²) >= 11 is 12.0. The first-order chi connectivity index (χ1) is 8.04. The summed E-state index contributed by atoms with van der Waals surface area (Å²) in [6.07, 6.45) is 0. The van der Waals surface area contributed by atoms with Crippen LogP contribution in [0.15, 0.2) is 18.2 Å². The van der Waals surface area contributed by atoms with E-state index in [9.17, 15) is 0 Å². The standard InChI is InChI=1S/C13H14Cl2N2/c1-8-6-12(5-4-11(8)7-14)17-10(3)13(15)9(2)16-17/h4-6H,7H2,1-3H3. The molecule has 0 fully saturated rings. The van der Waals surface area contributed by atoms with E-state index < -0.39 is 0 Å². The fraction of sp³-hybridized carbons (Fsp3) is 0.308. The van der Waals surface area contributed by atoms with Gasteiger partial charge in [0.2, 0.25) is 0 Å². The van der Waals surface area contributed by atoms with Crippen molar-refractivity contribution in [2.75, 3.05) is 0 Å². The van der Waals surface area contributed by atoms with Crippen LogP contribution < -0.4 is 0 Å². The molecule has 0 N–H and O–H groups in total. The Hall–Kier alpha value is -0.990. The number of hydrogen-bond acceptors (Lipinski definition) is 1. The summed E-state index contributed by atoms with van der Waals surface area (Å²) in [5.41, 5.74) is 5.14. The van der Waals surface area contributed by atoms with E-state index >= 15 is 0 Å². The summed E-state index contributed by atoms with van der Waals surface area (Å²) in [4.78, 5) is 0. The van der Waals surface area contributed by atoms with Crippen LogP contribution in [0.3, 0.4) is 0 Å². The van der Waals surface area contributed by atoms with E-state index in [2.05, 4.69) is 18.1 Å². The monoisotopic (exact) mass is 268 g/mol. The Morgan fingerprint density at radius 3 is 2.41 bits per heavy atom. The van der Waals surface area contributed by atoms with Gasteiger partial charge < -0.3 is 0 Å². The molecular formula is C13H14Cl2N2. The van der Waals surface area contributed by atoms with Crippen molar-refractivity contribution in [3.05, 3.63) is 45.7 Å². The van der Waals surface area contributed by atoms with Gasteiger partial charge in [-0.05, 0) is 44.0 Å². The second kappa shape index (κ2) is 4.71. The third-order valence-corrected chi connectivity index (χ3v) is 3.75. The predicted octanol–water partition coefficient (Wildman–Crippen LogP) is 4.19. The van der Waals surface area contributed by atoms with Crippen molar-refractivity contribution in [2.24, 2.45) is 0 Å². The Labute approximate surface area is 111 Å². The minimum Gasteiger partial charge on any atom is -0.236 e. The molecule has 1 aromatic carbocycles. The molecule has 0 saturated carbocycles. The Bertz CT molecular complexity index is 559. The van der Waals surface area contributed by atoms with Gasteiger partial charge in [-0.2, -0.15) is 5.10 Å². The topological polar surface area (TPSA) is 17.8 Å². The van der Waals surface area contributed by atoms with E-state index in [0.29, 0.717) is 5.88 Å². The second-order valence-corrected chi connectivity index (χ2v) is 4.79. The highest BCUT2D eigenvalue weighted by atomic mass is 35.5. The van der Waals surface area contributed by atoms with Crippen LogP contribution in [0.1, 0.15) is 22.5 Å². The van der Waals surface area contributed by atoms with Crippen molar-refractivity contribution < 1.29 is 0 Å². The zero-order valence-corrected chi connectivity index (χ0v) is 11.6. The van der Waals surface area contributed by atoms with Crippen LogP contribution >= 0.6 is 23.2 Å². The van der Waals surface area contributed by atoms with Crippen LogP contribution in [0.25, 0.3) is 5.69 Å². The second-order valence-electron chi connectivity index (χ2n) is 4.14. The van der Waals surface area contributed by atoms with Crippen LogP contribution in [-0.2, 0) is 5.88 Å². The highest BCUT2D eigenvalue weighted by molar-refractivity contribution is 6.31. The van der Waals surface area contributed by atoms with Gasteiger partial charge in [-0.25, -0.2) is 4.68 Å². The lowest BCUT2D eigenvalue weighted by Crippen LogP contribution is -2.00. The number of rotatable bonds is 2. The average molecular weight is 269 g/mol. The Balaban J connectivity index is 2.53. The van der Waals surface area contributed by atoms with Crippen LogP contribution in [0.2, 0.25) is 5.02 Å². The number of hydrogen-bond donors (Lipinski definition) is 0. The zero-order valence-electron chi connectivity index (χ0n) is 10.1. The van der Waals surface area contributed by atoms with Crippen LogP contribution in [0.5, 0.6) is 0 Å². The molecule has 0 bridgehead atoms. The maximum atomic E-state index is 6.14. The summed E-state index contributed by atoms with van der Waals surface area (Å²) in [6, 6.07) is 6.12. The van der Waals surface area contributed by atoms with Crippen molar-refractivity contribution >= 4 is 23.2 Å². The maximum absolute atomic E-state index is 6.14. The molecule has 4 heteroatoms. The minimum absolute atomic E-state index is 0.532. The van der Waals surface area contributed by atoms with Gasteiger partial charge in [0.1, 0.15) is 0 Å². The lowest BCUT2D eigenvalue weighted by Gasteiger charge is -2.08. The first kappa shape index (κ1) is 12.5. The molecule has 0 atom stereocenters. The number of aryl methyl sites for hydroxylation is 2. The largest absolute Gasteiger partial charge is 0.236 e. The smallest absolute Gasteiger partial charge is 0.0848 e. The molecule has 0 aliphatic rings. The lowest BCUT2D eigenvalue weighted by atomic mass is 10.1. The van der Waals surface area contributed by atoms with Crippen LogP contribution in [0, 0.1) is 20.8 Å². The summed E-state index contributed by atoms with van der Waals surface area (Å²) in [5, 5.41) is 5.15. The molecule has 1 aromatic heterocycles. The third-order valence-electron chi connectivity index (χ3n) is 2.92. The van der Waals surface area contributed by atoms with Crippen LogP contribution in [-0.4, -0.2) is 9.78 Å². The molecule has 2 aromatic rings. The maximum Gasteiger partial charge on any atom is 0.0848 e. The molecular weight excluding hydrogens is 255 g/mol. The quantitative estimate of drug-likeness (QED) is 0.747.